The first-order chi connectivity index (χ1) is 9.29. The van der Waals surface area contributed by atoms with Gasteiger partial charge in [0.2, 0.25) is 0 Å². The fourth-order valence-electron chi connectivity index (χ4n) is 1.64. The van der Waals surface area contributed by atoms with Gasteiger partial charge >= 0.3 is 15.6 Å². The highest BCUT2D eigenvalue weighted by Crippen LogP contribution is 2.47. The normalized spacial score (nSPS) is 29.0. The summed E-state index contributed by atoms with van der Waals surface area (Å²) in [4.78, 5) is 18.7. The molecule has 120 valence electrons. The van der Waals surface area contributed by atoms with Gasteiger partial charge in [-0.15, -0.1) is 0 Å². The zero-order valence-electron chi connectivity index (χ0n) is 11.3. The fourth-order valence-corrected chi connectivity index (χ4v) is 3.34. The number of hydrogen-bond donors (Lipinski definition) is 2. The number of hydrogen-bond acceptors (Lipinski definition) is 7. The lowest BCUT2D eigenvalue weighted by Gasteiger charge is -2.21. The van der Waals surface area contributed by atoms with Gasteiger partial charge in [-0.2, -0.15) is 0 Å². The summed E-state index contributed by atoms with van der Waals surface area (Å²) in [7, 11) is -8.29. The predicted octanol–water partition coefficient (Wildman–Crippen LogP) is 1.45. The Kier molecular flexibility index (Phi) is 7.28. The van der Waals surface area contributed by atoms with Gasteiger partial charge in [0, 0.05) is 13.0 Å². The molecule has 0 saturated carbocycles. The van der Waals surface area contributed by atoms with Crippen LogP contribution in [0.5, 0.6) is 0 Å². The minimum atomic E-state index is -4.15. The molecule has 1 heterocycles. The van der Waals surface area contributed by atoms with Gasteiger partial charge in [-0.25, -0.2) is 9.13 Å². The Hall–Kier alpha value is 0.180. The zero-order chi connectivity index (χ0) is 15.2. The molecule has 0 aromatic heterocycles. The van der Waals surface area contributed by atoms with Gasteiger partial charge in [-0.3, -0.25) is 18.1 Å². The van der Waals surface area contributed by atoms with E-state index in [9.17, 15) is 18.9 Å². The van der Waals surface area contributed by atoms with Gasteiger partial charge in [0.05, 0.1) is 19.8 Å². The van der Waals surface area contributed by atoms with Crippen LogP contribution in [0, 0.1) is 0 Å². The standard InChI is InChI=1S/C9H20O9P2/c1-3-15-19(10,11)17-7-9-8(5-6-14-9)18-20(12,13)16-4-2/h8-9H,3-7H2,1-2H3,(H,10,11)(H,12,13)/t8-,9+/m0/s1. The highest BCUT2D eigenvalue weighted by atomic mass is 31.2. The molecule has 0 amide bonds. The molecule has 0 spiro atoms. The van der Waals surface area contributed by atoms with Gasteiger partial charge in [-0.1, -0.05) is 0 Å². The summed E-state index contributed by atoms with van der Waals surface area (Å²) in [6, 6.07) is 0. The molecule has 4 atom stereocenters. The highest BCUT2D eigenvalue weighted by molar-refractivity contribution is 7.47. The molecule has 1 fully saturated rings. The molecule has 0 aliphatic carbocycles. The van der Waals surface area contributed by atoms with E-state index in [2.05, 4.69) is 9.05 Å². The van der Waals surface area contributed by atoms with Crippen molar-refractivity contribution < 1.29 is 41.7 Å². The highest BCUT2D eigenvalue weighted by Gasteiger charge is 2.37. The van der Waals surface area contributed by atoms with Crippen molar-refractivity contribution in [2.24, 2.45) is 0 Å². The summed E-state index contributed by atoms with van der Waals surface area (Å²) >= 11 is 0. The molecule has 1 aliphatic heterocycles. The predicted molar refractivity (Wildman–Crippen MR) is 68.1 cm³/mol. The van der Waals surface area contributed by atoms with Crippen molar-refractivity contribution in [2.75, 3.05) is 26.4 Å². The van der Waals surface area contributed by atoms with E-state index in [4.69, 9.17) is 13.8 Å². The zero-order valence-corrected chi connectivity index (χ0v) is 13.1. The van der Waals surface area contributed by atoms with Crippen LogP contribution in [0.25, 0.3) is 0 Å². The van der Waals surface area contributed by atoms with Crippen molar-refractivity contribution in [3.63, 3.8) is 0 Å². The van der Waals surface area contributed by atoms with E-state index in [0.29, 0.717) is 6.42 Å². The summed E-state index contributed by atoms with van der Waals surface area (Å²) in [5.74, 6) is 0. The second kappa shape index (κ2) is 7.98. The Morgan fingerprint density at radius 2 is 1.70 bits per heavy atom. The van der Waals surface area contributed by atoms with Crippen molar-refractivity contribution in [2.45, 2.75) is 32.5 Å². The van der Waals surface area contributed by atoms with Crippen LogP contribution in [0.15, 0.2) is 0 Å². The smallest absolute Gasteiger partial charge is 0.373 e. The Morgan fingerprint density at radius 3 is 2.30 bits per heavy atom. The molecular formula is C9H20O9P2. The van der Waals surface area contributed by atoms with Crippen molar-refractivity contribution in [1.29, 1.82) is 0 Å². The molecule has 2 N–H and O–H groups in total. The molecule has 0 aromatic carbocycles. The van der Waals surface area contributed by atoms with E-state index in [1.807, 2.05) is 0 Å². The second-order valence-electron chi connectivity index (χ2n) is 3.91. The molecule has 0 aromatic rings. The first-order valence-corrected chi connectivity index (χ1v) is 9.18. The van der Waals surface area contributed by atoms with E-state index in [0.717, 1.165) is 0 Å². The lowest BCUT2D eigenvalue weighted by molar-refractivity contribution is -0.00248. The van der Waals surface area contributed by atoms with Crippen LogP contribution < -0.4 is 0 Å². The summed E-state index contributed by atoms with van der Waals surface area (Å²) in [6.07, 6.45) is -1.13. The van der Waals surface area contributed by atoms with Crippen LogP contribution in [0.2, 0.25) is 0 Å². The van der Waals surface area contributed by atoms with Crippen molar-refractivity contribution >= 4 is 15.6 Å². The summed E-state index contributed by atoms with van der Waals surface area (Å²) in [5.41, 5.74) is 0. The van der Waals surface area contributed by atoms with Crippen LogP contribution in [0.1, 0.15) is 20.3 Å². The number of phosphoric ester groups is 2. The van der Waals surface area contributed by atoms with Gasteiger partial charge in [-0.05, 0) is 13.8 Å². The van der Waals surface area contributed by atoms with Crippen LogP contribution in [0.3, 0.4) is 0 Å². The van der Waals surface area contributed by atoms with Crippen molar-refractivity contribution in [3.05, 3.63) is 0 Å². The Labute approximate surface area is 117 Å². The molecule has 1 saturated heterocycles. The second-order valence-corrected chi connectivity index (χ2v) is 6.77. The lowest BCUT2D eigenvalue weighted by Crippen LogP contribution is -2.28. The maximum atomic E-state index is 11.5. The fraction of sp³-hybridized carbons (Fsp3) is 1.00. The monoisotopic (exact) mass is 334 g/mol. The number of phosphoric acid groups is 2. The molecular weight excluding hydrogens is 314 g/mol. The van der Waals surface area contributed by atoms with E-state index in [-0.39, 0.29) is 26.4 Å². The van der Waals surface area contributed by atoms with Gasteiger partial charge in [0.15, 0.2) is 0 Å². The maximum Gasteiger partial charge on any atom is 0.472 e. The molecule has 11 heteroatoms. The van der Waals surface area contributed by atoms with E-state index < -0.39 is 27.9 Å². The molecule has 1 rings (SSSR count). The largest absolute Gasteiger partial charge is 0.472 e. The minimum Gasteiger partial charge on any atom is -0.373 e. The first-order valence-electron chi connectivity index (χ1n) is 6.19. The van der Waals surface area contributed by atoms with Crippen LogP contribution in [-0.2, 0) is 32.0 Å². The topological polar surface area (TPSA) is 121 Å². The SMILES string of the molecule is CCOP(=O)(O)OC[C@H]1OCC[C@@H]1OP(=O)(O)OCC. The van der Waals surface area contributed by atoms with Gasteiger partial charge in [0.1, 0.15) is 12.2 Å². The summed E-state index contributed by atoms with van der Waals surface area (Å²) in [5, 5.41) is 0. The van der Waals surface area contributed by atoms with E-state index in [1.165, 1.54) is 0 Å². The number of ether oxygens (including phenoxy) is 1. The summed E-state index contributed by atoms with van der Waals surface area (Å²) in [6.45, 7) is 3.16. The Bertz CT molecular complexity index is 388. The third-order valence-electron chi connectivity index (χ3n) is 2.40. The Morgan fingerprint density at radius 1 is 1.10 bits per heavy atom. The molecule has 2 unspecified atom stereocenters. The average Bonchev–Trinajstić information content (AvgIpc) is 2.73. The molecule has 20 heavy (non-hydrogen) atoms. The lowest BCUT2D eigenvalue weighted by atomic mass is 10.2. The molecule has 0 bridgehead atoms. The van der Waals surface area contributed by atoms with E-state index in [1.54, 1.807) is 13.8 Å². The third kappa shape index (κ3) is 6.30. The van der Waals surface area contributed by atoms with Gasteiger partial charge in [0.25, 0.3) is 0 Å². The van der Waals surface area contributed by atoms with Crippen LogP contribution >= 0.6 is 15.6 Å². The minimum absolute atomic E-state index is 0.0232. The average molecular weight is 334 g/mol. The molecule has 1 aliphatic rings. The quantitative estimate of drug-likeness (QED) is 0.603. The van der Waals surface area contributed by atoms with Crippen LogP contribution in [0.4, 0.5) is 0 Å². The van der Waals surface area contributed by atoms with Crippen molar-refractivity contribution in [1.82, 2.24) is 0 Å². The van der Waals surface area contributed by atoms with Crippen molar-refractivity contribution in [3.8, 4) is 0 Å². The molecule has 9 nitrogen and oxygen atoms in total. The number of rotatable bonds is 9. The molecule has 0 radical (unpaired) electrons. The Balaban J connectivity index is 2.49. The van der Waals surface area contributed by atoms with Crippen LogP contribution in [-0.4, -0.2) is 48.4 Å². The van der Waals surface area contributed by atoms with E-state index >= 15 is 0 Å². The van der Waals surface area contributed by atoms with Gasteiger partial charge < -0.3 is 14.5 Å². The maximum absolute atomic E-state index is 11.5. The summed E-state index contributed by atoms with van der Waals surface area (Å²) < 4.78 is 46.9. The third-order valence-corrected chi connectivity index (χ3v) is 4.59. The first kappa shape index (κ1) is 18.2.